The van der Waals surface area contributed by atoms with Crippen molar-refractivity contribution in [1.82, 2.24) is 9.88 Å². The molecule has 0 amide bonds. The van der Waals surface area contributed by atoms with Crippen LogP contribution in [0.25, 0.3) is 0 Å². The van der Waals surface area contributed by atoms with Crippen LogP contribution in [0.4, 0.5) is 0 Å². The summed E-state index contributed by atoms with van der Waals surface area (Å²) in [4.78, 5) is 0. The predicted octanol–water partition coefficient (Wildman–Crippen LogP) is 3.37. The molecule has 2 nitrogen and oxygen atoms in total. The zero-order chi connectivity index (χ0) is 12.6. The lowest BCUT2D eigenvalue weighted by molar-refractivity contribution is 0.429. The molecule has 0 atom stereocenters. The average molecular weight is 234 g/mol. The maximum atomic E-state index is 3.56. The monoisotopic (exact) mass is 234 g/mol. The van der Waals surface area contributed by atoms with Crippen molar-refractivity contribution in [3.63, 3.8) is 0 Å². The first kappa shape index (κ1) is 12.7. The first-order chi connectivity index (χ1) is 7.88. The molecule has 0 bridgehead atoms. The number of nitrogens with one attached hydrogen (secondary N) is 1. The molecule has 1 heterocycles. The van der Waals surface area contributed by atoms with Crippen molar-refractivity contribution < 1.29 is 0 Å². The summed E-state index contributed by atoms with van der Waals surface area (Å²) in [5.41, 5.74) is 4.67. The summed E-state index contributed by atoms with van der Waals surface area (Å²) in [6, 6.07) is 3.18. The van der Waals surface area contributed by atoms with E-state index in [0.717, 1.165) is 19.0 Å². The number of hydrogen-bond donors (Lipinski definition) is 1. The van der Waals surface area contributed by atoms with E-state index in [1.54, 1.807) is 0 Å². The molecule has 1 aliphatic rings. The smallest absolute Gasteiger partial charge is 0.0337 e. The van der Waals surface area contributed by atoms with Crippen LogP contribution in [-0.4, -0.2) is 16.7 Å². The van der Waals surface area contributed by atoms with Gasteiger partial charge in [0.05, 0.1) is 0 Å². The predicted molar refractivity (Wildman–Crippen MR) is 73.6 cm³/mol. The molecule has 96 valence electrons. The van der Waals surface area contributed by atoms with Gasteiger partial charge in [-0.1, -0.05) is 0 Å². The Balaban J connectivity index is 1.99. The lowest BCUT2D eigenvalue weighted by Gasteiger charge is -2.20. The molecule has 1 aromatic rings. The van der Waals surface area contributed by atoms with Crippen LogP contribution in [0.5, 0.6) is 0 Å². The summed E-state index contributed by atoms with van der Waals surface area (Å²) < 4.78 is 2.53. The Morgan fingerprint density at radius 2 is 1.94 bits per heavy atom. The summed E-state index contributed by atoms with van der Waals surface area (Å²) >= 11 is 0. The van der Waals surface area contributed by atoms with Gasteiger partial charge < -0.3 is 9.88 Å². The summed E-state index contributed by atoms with van der Waals surface area (Å²) in [6.45, 7) is 12.3. The highest BCUT2D eigenvalue weighted by atomic mass is 15.1. The molecule has 0 saturated heterocycles. The van der Waals surface area contributed by atoms with Crippen LogP contribution >= 0.6 is 0 Å². The van der Waals surface area contributed by atoms with Crippen LogP contribution in [0.3, 0.4) is 0 Å². The van der Waals surface area contributed by atoms with Crippen molar-refractivity contribution in [2.24, 2.45) is 0 Å². The van der Waals surface area contributed by atoms with Gasteiger partial charge in [0.2, 0.25) is 0 Å². The maximum Gasteiger partial charge on any atom is 0.0337 e. The third kappa shape index (κ3) is 3.12. The summed E-state index contributed by atoms with van der Waals surface area (Å²) in [5, 5.41) is 3.56. The number of rotatable bonds is 4. The molecule has 1 N–H and O–H groups in total. The van der Waals surface area contributed by atoms with Crippen molar-refractivity contribution >= 4 is 0 Å². The van der Waals surface area contributed by atoms with Crippen molar-refractivity contribution in [1.29, 1.82) is 0 Å². The largest absolute Gasteiger partial charge is 0.346 e. The Kier molecular flexibility index (Phi) is 3.35. The Hall–Kier alpha value is -0.760. The number of hydrogen-bond acceptors (Lipinski definition) is 1. The highest BCUT2D eigenvalue weighted by molar-refractivity contribution is 5.28. The van der Waals surface area contributed by atoms with Crippen molar-refractivity contribution in [2.75, 3.05) is 6.54 Å². The van der Waals surface area contributed by atoms with Gasteiger partial charge in [0, 0.05) is 23.0 Å². The standard InChI is InChI=1S/C15H26N2/c1-11-10-13(8-9-16-15(3,4)5)12(2)17(11)14-6-7-14/h10,14,16H,6-9H2,1-5H3. The first-order valence-electron chi connectivity index (χ1n) is 6.81. The lowest BCUT2D eigenvalue weighted by Crippen LogP contribution is -2.37. The molecule has 1 aromatic heterocycles. The fourth-order valence-electron chi connectivity index (χ4n) is 2.57. The minimum Gasteiger partial charge on any atom is -0.346 e. The van der Waals surface area contributed by atoms with Gasteiger partial charge in [0.15, 0.2) is 0 Å². The molecule has 1 aliphatic carbocycles. The fourth-order valence-corrected chi connectivity index (χ4v) is 2.57. The van der Waals surface area contributed by atoms with Crippen LogP contribution in [-0.2, 0) is 6.42 Å². The van der Waals surface area contributed by atoms with E-state index >= 15 is 0 Å². The molecule has 0 unspecified atom stereocenters. The highest BCUT2D eigenvalue weighted by Gasteiger charge is 2.26. The van der Waals surface area contributed by atoms with Gasteiger partial charge in [-0.15, -0.1) is 0 Å². The number of aryl methyl sites for hydroxylation is 1. The third-order valence-electron chi connectivity index (χ3n) is 3.55. The zero-order valence-corrected chi connectivity index (χ0v) is 11.9. The van der Waals surface area contributed by atoms with E-state index in [1.807, 2.05) is 0 Å². The molecule has 1 saturated carbocycles. The quantitative estimate of drug-likeness (QED) is 0.845. The van der Waals surface area contributed by atoms with E-state index in [-0.39, 0.29) is 5.54 Å². The molecular weight excluding hydrogens is 208 g/mol. The van der Waals surface area contributed by atoms with Crippen molar-refractivity contribution in [3.05, 3.63) is 23.0 Å². The highest BCUT2D eigenvalue weighted by Crippen LogP contribution is 2.38. The van der Waals surface area contributed by atoms with E-state index in [0.29, 0.717) is 0 Å². The van der Waals surface area contributed by atoms with Crippen LogP contribution < -0.4 is 5.32 Å². The summed E-state index contributed by atoms with van der Waals surface area (Å²) in [7, 11) is 0. The van der Waals surface area contributed by atoms with E-state index in [4.69, 9.17) is 0 Å². The van der Waals surface area contributed by atoms with Gasteiger partial charge in [0.25, 0.3) is 0 Å². The van der Waals surface area contributed by atoms with Crippen LogP contribution in [0.15, 0.2) is 6.07 Å². The molecule has 0 radical (unpaired) electrons. The second kappa shape index (κ2) is 4.49. The Bertz CT molecular complexity index is 392. The normalized spacial score (nSPS) is 16.5. The van der Waals surface area contributed by atoms with E-state index in [1.165, 1.54) is 29.8 Å². The molecule has 1 fully saturated rings. The molecule has 2 rings (SSSR count). The Labute approximate surface area is 105 Å². The first-order valence-corrected chi connectivity index (χ1v) is 6.81. The van der Waals surface area contributed by atoms with Crippen molar-refractivity contribution in [2.45, 2.75) is 65.5 Å². The second-order valence-corrected chi connectivity index (χ2v) is 6.42. The minimum atomic E-state index is 0.224. The summed E-state index contributed by atoms with van der Waals surface area (Å²) in [5.74, 6) is 0. The molecule has 17 heavy (non-hydrogen) atoms. The molecule has 0 spiro atoms. The van der Waals surface area contributed by atoms with Crippen LogP contribution in [0.2, 0.25) is 0 Å². The molecule has 0 aromatic carbocycles. The molecular formula is C15H26N2. The molecule has 2 heteroatoms. The number of nitrogens with zero attached hydrogens (tertiary/aromatic N) is 1. The topological polar surface area (TPSA) is 17.0 Å². The average Bonchev–Trinajstić information content (AvgIpc) is 2.95. The zero-order valence-electron chi connectivity index (χ0n) is 11.9. The van der Waals surface area contributed by atoms with E-state index < -0.39 is 0 Å². The maximum absolute atomic E-state index is 3.56. The van der Waals surface area contributed by atoms with Gasteiger partial charge >= 0.3 is 0 Å². The van der Waals surface area contributed by atoms with E-state index in [2.05, 4.69) is 50.6 Å². The Morgan fingerprint density at radius 3 is 2.47 bits per heavy atom. The molecule has 0 aliphatic heterocycles. The Morgan fingerprint density at radius 1 is 1.29 bits per heavy atom. The SMILES string of the molecule is Cc1cc(CCNC(C)(C)C)c(C)n1C1CC1. The van der Waals surface area contributed by atoms with Gasteiger partial charge in [-0.3, -0.25) is 0 Å². The van der Waals surface area contributed by atoms with Gasteiger partial charge in [-0.05, 0) is 72.1 Å². The summed E-state index contributed by atoms with van der Waals surface area (Å²) in [6.07, 6.45) is 3.88. The van der Waals surface area contributed by atoms with Crippen LogP contribution in [0.1, 0.15) is 56.6 Å². The fraction of sp³-hybridized carbons (Fsp3) is 0.733. The van der Waals surface area contributed by atoms with Gasteiger partial charge in [-0.2, -0.15) is 0 Å². The van der Waals surface area contributed by atoms with E-state index in [9.17, 15) is 0 Å². The number of aromatic nitrogens is 1. The second-order valence-electron chi connectivity index (χ2n) is 6.42. The minimum absolute atomic E-state index is 0.224. The van der Waals surface area contributed by atoms with Gasteiger partial charge in [-0.25, -0.2) is 0 Å². The van der Waals surface area contributed by atoms with Crippen molar-refractivity contribution in [3.8, 4) is 0 Å². The van der Waals surface area contributed by atoms with Crippen LogP contribution in [0, 0.1) is 13.8 Å². The lowest BCUT2D eigenvalue weighted by atomic mass is 10.1. The third-order valence-corrected chi connectivity index (χ3v) is 3.55. The van der Waals surface area contributed by atoms with Gasteiger partial charge in [0.1, 0.15) is 0 Å².